The second kappa shape index (κ2) is 5.92. The normalized spacial score (nSPS) is 16.8. The fourth-order valence-electron chi connectivity index (χ4n) is 2.35. The molecule has 17 heavy (non-hydrogen) atoms. The zero-order valence-corrected chi connectivity index (χ0v) is 10.7. The van der Waals surface area contributed by atoms with Crippen LogP contribution in [0.2, 0.25) is 0 Å². The zero-order valence-electron chi connectivity index (χ0n) is 10.7. The topological polar surface area (TPSA) is 30.5 Å². The van der Waals surface area contributed by atoms with Gasteiger partial charge in [0.15, 0.2) is 0 Å². The summed E-state index contributed by atoms with van der Waals surface area (Å²) in [5, 5.41) is 3.39. The maximum Gasteiger partial charge on any atom is 0.123 e. The summed E-state index contributed by atoms with van der Waals surface area (Å²) in [6, 6.07) is 6.24. The minimum absolute atomic E-state index is 0.630. The minimum atomic E-state index is 0.630. The van der Waals surface area contributed by atoms with E-state index in [2.05, 4.69) is 17.4 Å². The van der Waals surface area contributed by atoms with Crippen LogP contribution in [0.4, 0.5) is 0 Å². The standard InChI is InChI=1S/C14H21NO2/c1-3-17-14-9-12(8-13(10-14)16-2)11-4-6-15-7-5-11/h8-11,15H,3-7H2,1-2H3. The van der Waals surface area contributed by atoms with Crippen LogP contribution in [-0.2, 0) is 0 Å². The molecule has 3 nitrogen and oxygen atoms in total. The highest BCUT2D eigenvalue weighted by molar-refractivity contribution is 5.40. The molecule has 0 aromatic heterocycles. The van der Waals surface area contributed by atoms with Crippen LogP contribution in [-0.4, -0.2) is 26.8 Å². The van der Waals surface area contributed by atoms with E-state index in [0.717, 1.165) is 24.6 Å². The summed E-state index contributed by atoms with van der Waals surface area (Å²) in [4.78, 5) is 0. The monoisotopic (exact) mass is 235 g/mol. The van der Waals surface area contributed by atoms with E-state index < -0.39 is 0 Å². The maximum atomic E-state index is 5.58. The van der Waals surface area contributed by atoms with Crippen LogP contribution in [0.25, 0.3) is 0 Å². The second-order valence-electron chi connectivity index (χ2n) is 4.40. The first kappa shape index (κ1) is 12.2. The summed E-state index contributed by atoms with van der Waals surface area (Å²) in [7, 11) is 1.71. The largest absolute Gasteiger partial charge is 0.497 e. The molecule has 0 atom stereocenters. The lowest BCUT2D eigenvalue weighted by atomic mass is 9.90. The molecule has 1 aliphatic heterocycles. The SMILES string of the molecule is CCOc1cc(OC)cc(C2CCNCC2)c1. The van der Waals surface area contributed by atoms with Crippen molar-refractivity contribution in [1.82, 2.24) is 5.32 Å². The zero-order chi connectivity index (χ0) is 12.1. The van der Waals surface area contributed by atoms with Crippen molar-refractivity contribution < 1.29 is 9.47 Å². The molecule has 1 aromatic carbocycles. The number of ether oxygens (including phenoxy) is 2. The Bertz CT molecular complexity index is 359. The summed E-state index contributed by atoms with van der Waals surface area (Å²) < 4.78 is 10.9. The molecular weight excluding hydrogens is 214 g/mol. The number of hydrogen-bond donors (Lipinski definition) is 1. The first-order chi connectivity index (χ1) is 8.33. The number of piperidine rings is 1. The summed E-state index contributed by atoms with van der Waals surface area (Å²) in [5.74, 6) is 2.44. The summed E-state index contributed by atoms with van der Waals surface area (Å²) in [5.41, 5.74) is 1.34. The fourth-order valence-corrected chi connectivity index (χ4v) is 2.35. The van der Waals surface area contributed by atoms with Gasteiger partial charge in [0.2, 0.25) is 0 Å². The number of benzene rings is 1. The first-order valence-electron chi connectivity index (χ1n) is 6.36. The number of hydrogen-bond acceptors (Lipinski definition) is 3. The molecule has 0 unspecified atom stereocenters. The summed E-state index contributed by atoms with van der Waals surface area (Å²) >= 11 is 0. The molecule has 0 bridgehead atoms. The lowest BCUT2D eigenvalue weighted by molar-refractivity contribution is 0.334. The molecule has 94 valence electrons. The van der Waals surface area contributed by atoms with Crippen molar-refractivity contribution in [2.75, 3.05) is 26.8 Å². The molecule has 0 spiro atoms. The Morgan fingerprint density at radius 1 is 1.18 bits per heavy atom. The van der Waals surface area contributed by atoms with E-state index in [-0.39, 0.29) is 0 Å². The van der Waals surface area contributed by atoms with Crippen LogP contribution in [0, 0.1) is 0 Å². The van der Waals surface area contributed by atoms with Gasteiger partial charge in [-0.15, -0.1) is 0 Å². The van der Waals surface area contributed by atoms with Crippen LogP contribution < -0.4 is 14.8 Å². The van der Waals surface area contributed by atoms with Gasteiger partial charge in [0.1, 0.15) is 11.5 Å². The molecule has 3 heteroatoms. The second-order valence-corrected chi connectivity index (χ2v) is 4.40. The molecule has 1 aromatic rings. The van der Waals surface area contributed by atoms with Gasteiger partial charge in [-0.05, 0) is 56.5 Å². The van der Waals surface area contributed by atoms with Crippen molar-refractivity contribution >= 4 is 0 Å². The van der Waals surface area contributed by atoms with E-state index >= 15 is 0 Å². The third-order valence-electron chi connectivity index (χ3n) is 3.26. The van der Waals surface area contributed by atoms with Crippen LogP contribution in [0.1, 0.15) is 31.2 Å². The Labute approximate surface area is 103 Å². The van der Waals surface area contributed by atoms with Gasteiger partial charge in [0.25, 0.3) is 0 Å². The quantitative estimate of drug-likeness (QED) is 0.870. The van der Waals surface area contributed by atoms with Gasteiger partial charge >= 0.3 is 0 Å². The Morgan fingerprint density at radius 2 is 1.88 bits per heavy atom. The maximum absolute atomic E-state index is 5.58. The number of rotatable bonds is 4. The predicted octanol–water partition coefficient (Wildman–Crippen LogP) is 2.56. The number of nitrogens with one attached hydrogen (secondary N) is 1. The molecule has 0 saturated carbocycles. The van der Waals surface area contributed by atoms with Gasteiger partial charge in [0, 0.05) is 6.07 Å². The van der Waals surface area contributed by atoms with Crippen molar-refractivity contribution in [2.24, 2.45) is 0 Å². The van der Waals surface area contributed by atoms with Crippen LogP contribution in [0.3, 0.4) is 0 Å². The smallest absolute Gasteiger partial charge is 0.123 e. The molecule has 1 N–H and O–H groups in total. The lowest BCUT2D eigenvalue weighted by Gasteiger charge is -2.23. The van der Waals surface area contributed by atoms with Crippen molar-refractivity contribution in [3.05, 3.63) is 23.8 Å². The van der Waals surface area contributed by atoms with Crippen molar-refractivity contribution in [1.29, 1.82) is 0 Å². The summed E-state index contributed by atoms with van der Waals surface area (Å²) in [6.07, 6.45) is 2.39. The van der Waals surface area contributed by atoms with E-state index in [1.165, 1.54) is 18.4 Å². The Morgan fingerprint density at radius 3 is 2.53 bits per heavy atom. The highest BCUT2D eigenvalue weighted by Crippen LogP contribution is 2.31. The van der Waals surface area contributed by atoms with Crippen molar-refractivity contribution in [3.8, 4) is 11.5 Å². The third-order valence-corrected chi connectivity index (χ3v) is 3.26. The average molecular weight is 235 g/mol. The average Bonchev–Trinajstić information content (AvgIpc) is 2.40. The Hall–Kier alpha value is -1.22. The van der Waals surface area contributed by atoms with Crippen molar-refractivity contribution in [3.63, 3.8) is 0 Å². The highest BCUT2D eigenvalue weighted by Gasteiger charge is 2.16. The molecule has 0 radical (unpaired) electrons. The van der Waals surface area contributed by atoms with Crippen LogP contribution in [0.15, 0.2) is 18.2 Å². The van der Waals surface area contributed by atoms with Gasteiger partial charge in [-0.2, -0.15) is 0 Å². The summed E-state index contributed by atoms with van der Waals surface area (Å²) in [6.45, 7) is 4.90. The van der Waals surface area contributed by atoms with E-state index in [1.54, 1.807) is 7.11 Å². The Balaban J connectivity index is 2.21. The Kier molecular flexibility index (Phi) is 4.26. The van der Waals surface area contributed by atoms with E-state index in [4.69, 9.17) is 9.47 Å². The van der Waals surface area contributed by atoms with Gasteiger partial charge < -0.3 is 14.8 Å². The van der Waals surface area contributed by atoms with Crippen LogP contribution in [0.5, 0.6) is 11.5 Å². The first-order valence-corrected chi connectivity index (χ1v) is 6.36. The van der Waals surface area contributed by atoms with Crippen LogP contribution >= 0.6 is 0 Å². The van der Waals surface area contributed by atoms with Gasteiger partial charge in [-0.3, -0.25) is 0 Å². The minimum Gasteiger partial charge on any atom is -0.497 e. The van der Waals surface area contributed by atoms with Gasteiger partial charge in [-0.25, -0.2) is 0 Å². The highest BCUT2D eigenvalue weighted by atomic mass is 16.5. The molecule has 1 aliphatic rings. The molecule has 2 rings (SSSR count). The third kappa shape index (κ3) is 3.13. The number of methoxy groups -OCH3 is 1. The molecular formula is C14H21NO2. The molecule has 1 fully saturated rings. The van der Waals surface area contributed by atoms with E-state index in [1.807, 2.05) is 13.0 Å². The van der Waals surface area contributed by atoms with Gasteiger partial charge in [-0.1, -0.05) is 0 Å². The van der Waals surface area contributed by atoms with E-state index in [9.17, 15) is 0 Å². The molecule has 1 heterocycles. The molecule has 0 aliphatic carbocycles. The molecule has 1 saturated heterocycles. The fraction of sp³-hybridized carbons (Fsp3) is 0.571. The predicted molar refractivity (Wildman–Crippen MR) is 69.0 cm³/mol. The van der Waals surface area contributed by atoms with Gasteiger partial charge in [0.05, 0.1) is 13.7 Å². The van der Waals surface area contributed by atoms with Crippen molar-refractivity contribution in [2.45, 2.75) is 25.7 Å². The molecule has 0 amide bonds. The van der Waals surface area contributed by atoms with E-state index in [0.29, 0.717) is 12.5 Å². The lowest BCUT2D eigenvalue weighted by Crippen LogP contribution is -2.26.